The SMILES string of the molecule is CC[C@H](C)Oc1c(/C=C2\C(=O)NC(=S)N(c3cc(C)ccc3C)C2=O)cccc1OC. The number of thiocarbonyl (C=S) groups is 1. The smallest absolute Gasteiger partial charge is 0.270 e. The molecule has 1 aliphatic rings. The van der Waals surface area contributed by atoms with E-state index < -0.39 is 11.8 Å². The van der Waals surface area contributed by atoms with Gasteiger partial charge in [0.1, 0.15) is 5.57 Å². The molecule has 1 atom stereocenters. The summed E-state index contributed by atoms with van der Waals surface area (Å²) in [6, 6.07) is 11.1. The summed E-state index contributed by atoms with van der Waals surface area (Å²) in [5, 5.41) is 2.69. The Morgan fingerprint density at radius 3 is 2.61 bits per heavy atom. The van der Waals surface area contributed by atoms with Crippen molar-refractivity contribution in [3.63, 3.8) is 0 Å². The van der Waals surface area contributed by atoms with Gasteiger partial charge in [0.2, 0.25) is 0 Å². The van der Waals surface area contributed by atoms with Gasteiger partial charge in [0.15, 0.2) is 16.6 Å². The third-order valence-corrected chi connectivity index (χ3v) is 5.41. The Kier molecular flexibility index (Phi) is 6.75. The topological polar surface area (TPSA) is 67.9 Å². The summed E-state index contributed by atoms with van der Waals surface area (Å²) in [6.45, 7) is 7.79. The lowest BCUT2D eigenvalue weighted by Crippen LogP contribution is -2.54. The minimum atomic E-state index is -0.547. The van der Waals surface area contributed by atoms with E-state index in [4.69, 9.17) is 21.7 Å². The van der Waals surface area contributed by atoms with Gasteiger partial charge < -0.3 is 9.47 Å². The molecule has 6 nitrogen and oxygen atoms in total. The molecule has 0 aliphatic carbocycles. The molecule has 0 unspecified atom stereocenters. The van der Waals surface area contributed by atoms with Crippen molar-refractivity contribution in [2.24, 2.45) is 0 Å². The average molecular weight is 439 g/mol. The number of carbonyl (C=O) groups is 2. The van der Waals surface area contributed by atoms with Gasteiger partial charge in [-0.05, 0) is 68.7 Å². The number of aryl methyl sites for hydroxylation is 2. The number of benzene rings is 2. The highest BCUT2D eigenvalue weighted by atomic mass is 32.1. The number of hydrogen-bond acceptors (Lipinski definition) is 5. The predicted molar refractivity (Wildman–Crippen MR) is 125 cm³/mol. The normalized spacial score (nSPS) is 16.4. The standard InChI is InChI=1S/C24H26N2O4S/c1-6-16(4)30-21-17(8-7-9-20(21)29-5)13-18-22(27)25-24(31)26(23(18)28)19-12-14(2)10-11-15(19)3/h7-13,16H,6H2,1-5H3,(H,25,27,31)/b18-13+/t16-/m0/s1. The number of anilines is 1. The molecular formula is C24H26N2O4S. The molecule has 0 spiro atoms. The first-order chi connectivity index (χ1) is 14.8. The van der Waals surface area contributed by atoms with Gasteiger partial charge in [0.05, 0.1) is 18.9 Å². The number of rotatable bonds is 6. The van der Waals surface area contributed by atoms with Crippen molar-refractivity contribution in [2.45, 2.75) is 40.2 Å². The first kappa shape index (κ1) is 22.5. The second-order valence-corrected chi connectivity index (χ2v) is 7.85. The highest BCUT2D eigenvalue weighted by Gasteiger charge is 2.35. The molecule has 2 aromatic rings. The molecule has 1 heterocycles. The van der Waals surface area contributed by atoms with Crippen molar-refractivity contribution in [3.05, 3.63) is 58.7 Å². The molecule has 0 radical (unpaired) electrons. The molecule has 7 heteroatoms. The number of nitrogens with zero attached hydrogens (tertiary/aromatic N) is 1. The van der Waals surface area contributed by atoms with Crippen molar-refractivity contribution >= 4 is 40.9 Å². The van der Waals surface area contributed by atoms with Crippen LogP contribution < -0.4 is 19.7 Å². The number of nitrogens with one attached hydrogen (secondary N) is 1. The van der Waals surface area contributed by atoms with E-state index in [2.05, 4.69) is 5.32 Å². The minimum Gasteiger partial charge on any atom is -0.493 e. The summed E-state index contributed by atoms with van der Waals surface area (Å²) in [5.74, 6) is -0.0206. The zero-order valence-corrected chi connectivity index (χ0v) is 19.1. The minimum absolute atomic E-state index is 0.0308. The second kappa shape index (κ2) is 9.31. The summed E-state index contributed by atoms with van der Waals surface area (Å²) in [4.78, 5) is 27.5. The summed E-state index contributed by atoms with van der Waals surface area (Å²) >= 11 is 5.32. The molecule has 2 amide bonds. The van der Waals surface area contributed by atoms with Gasteiger partial charge >= 0.3 is 0 Å². The first-order valence-electron chi connectivity index (χ1n) is 10.1. The molecule has 0 bridgehead atoms. The lowest BCUT2D eigenvalue weighted by atomic mass is 10.0. The Hall–Kier alpha value is -3.19. The van der Waals surface area contributed by atoms with Crippen LogP contribution in [0.2, 0.25) is 0 Å². The molecule has 0 saturated carbocycles. The fourth-order valence-electron chi connectivity index (χ4n) is 3.21. The van der Waals surface area contributed by atoms with E-state index in [0.29, 0.717) is 22.7 Å². The van der Waals surface area contributed by atoms with E-state index in [9.17, 15) is 9.59 Å². The predicted octanol–water partition coefficient (Wildman–Crippen LogP) is 4.32. The summed E-state index contributed by atoms with van der Waals surface area (Å²) in [6.07, 6.45) is 2.25. The Morgan fingerprint density at radius 1 is 1.19 bits per heavy atom. The molecule has 1 fully saturated rings. The lowest BCUT2D eigenvalue weighted by molar-refractivity contribution is -0.122. The fraction of sp³-hybridized carbons (Fsp3) is 0.292. The summed E-state index contributed by atoms with van der Waals surface area (Å²) < 4.78 is 11.5. The summed E-state index contributed by atoms with van der Waals surface area (Å²) in [7, 11) is 1.55. The highest BCUT2D eigenvalue weighted by molar-refractivity contribution is 7.80. The van der Waals surface area contributed by atoms with Crippen LogP contribution in [0, 0.1) is 13.8 Å². The maximum atomic E-state index is 13.4. The largest absolute Gasteiger partial charge is 0.493 e. The maximum Gasteiger partial charge on any atom is 0.270 e. The molecule has 1 aliphatic heterocycles. The molecule has 3 rings (SSSR count). The maximum absolute atomic E-state index is 13.4. The Balaban J connectivity index is 2.10. The fourth-order valence-corrected chi connectivity index (χ4v) is 3.48. The van der Waals surface area contributed by atoms with Crippen LogP contribution in [0.3, 0.4) is 0 Å². The first-order valence-corrected chi connectivity index (χ1v) is 10.5. The van der Waals surface area contributed by atoms with Gasteiger partial charge in [0, 0.05) is 5.56 Å². The second-order valence-electron chi connectivity index (χ2n) is 7.46. The van der Waals surface area contributed by atoms with E-state index in [-0.39, 0.29) is 16.8 Å². The zero-order valence-electron chi connectivity index (χ0n) is 18.3. The van der Waals surface area contributed by atoms with Gasteiger partial charge in [0.25, 0.3) is 11.8 Å². The number of carbonyl (C=O) groups excluding carboxylic acids is 2. The van der Waals surface area contributed by atoms with E-state index in [0.717, 1.165) is 17.5 Å². The van der Waals surface area contributed by atoms with Gasteiger partial charge in [-0.25, -0.2) is 0 Å². The number of methoxy groups -OCH3 is 1. The van der Waals surface area contributed by atoms with Crippen LogP contribution in [0.4, 0.5) is 5.69 Å². The lowest BCUT2D eigenvalue weighted by Gasteiger charge is -2.30. The van der Waals surface area contributed by atoms with E-state index in [1.165, 1.54) is 11.0 Å². The van der Waals surface area contributed by atoms with Crippen LogP contribution in [0.15, 0.2) is 42.0 Å². The highest BCUT2D eigenvalue weighted by Crippen LogP contribution is 2.35. The van der Waals surface area contributed by atoms with Crippen molar-refractivity contribution in [3.8, 4) is 11.5 Å². The Morgan fingerprint density at radius 2 is 1.94 bits per heavy atom. The van der Waals surface area contributed by atoms with Gasteiger partial charge in [-0.15, -0.1) is 0 Å². The number of hydrogen-bond donors (Lipinski definition) is 1. The zero-order chi connectivity index (χ0) is 22.7. The average Bonchev–Trinajstić information content (AvgIpc) is 2.74. The van der Waals surface area contributed by atoms with Crippen LogP contribution in [0.5, 0.6) is 11.5 Å². The van der Waals surface area contributed by atoms with Gasteiger partial charge in [-0.2, -0.15) is 0 Å². The van der Waals surface area contributed by atoms with Crippen molar-refractivity contribution in [1.29, 1.82) is 0 Å². The van der Waals surface area contributed by atoms with Gasteiger partial charge in [-0.3, -0.25) is 19.8 Å². The van der Waals surface area contributed by atoms with E-state index in [1.54, 1.807) is 25.3 Å². The monoisotopic (exact) mass is 438 g/mol. The van der Waals surface area contributed by atoms with Crippen LogP contribution in [0.25, 0.3) is 6.08 Å². The number of ether oxygens (including phenoxy) is 2. The van der Waals surface area contributed by atoms with E-state index in [1.807, 2.05) is 45.9 Å². The third-order valence-electron chi connectivity index (χ3n) is 5.13. The van der Waals surface area contributed by atoms with Crippen LogP contribution in [-0.2, 0) is 9.59 Å². The quantitative estimate of drug-likeness (QED) is 0.413. The summed E-state index contributed by atoms with van der Waals surface area (Å²) in [5.41, 5.74) is 3.04. The molecular weight excluding hydrogens is 412 g/mol. The molecule has 2 aromatic carbocycles. The van der Waals surface area contributed by atoms with Gasteiger partial charge in [-0.1, -0.05) is 31.2 Å². The van der Waals surface area contributed by atoms with Crippen molar-refractivity contribution < 1.29 is 19.1 Å². The van der Waals surface area contributed by atoms with Crippen LogP contribution in [-0.4, -0.2) is 30.1 Å². The Bertz CT molecular complexity index is 1080. The molecule has 162 valence electrons. The van der Waals surface area contributed by atoms with Crippen molar-refractivity contribution in [1.82, 2.24) is 5.32 Å². The van der Waals surface area contributed by atoms with E-state index >= 15 is 0 Å². The molecule has 0 aromatic heterocycles. The number of para-hydroxylation sites is 1. The molecule has 31 heavy (non-hydrogen) atoms. The van der Waals surface area contributed by atoms with Crippen LogP contribution >= 0.6 is 12.2 Å². The van der Waals surface area contributed by atoms with Crippen molar-refractivity contribution in [2.75, 3.05) is 12.0 Å². The third kappa shape index (κ3) is 4.61. The van der Waals surface area contributed by atoms with Crippen LogP contribution in [0.1, 0.15) is 37.0 Å². The Labute approximate surface area is 187 Å². The molecule has 1 saturated heterocycles. The molecule has 1 N–H and O–H groups in total. The number of amides is 2.